The SMILES string of the molecule is O=C(NCC1CCN(C2CC2)C1)c1cccc(CN2C(=O)CSC2=O)c1. The summed E-state index contributed by atoms with van der Waals surface area (Å²) in [5.41, 5.74) is 1.37. The molecule has 2 heterocycles. The Morgan fingerprint density at radius 3 is 2.81 bits per heavy atom. The minimum absolute atomic E-state index is 0.0924. The Kier molecular flexibility index (Phi) is 5.00. The lowest BCUT2D eigenvalue weighted by molar-refractivity contribution is -0.125. The second-order valence-electron chi connectivity index (χ2n) is 7.33. The number of hydrogen-bond donors (Lipinski definition) is 1. The van der Waals surface area contributed by atoms with Gasteiger partial charge in [-0.3, -0.25) is 19.3 Å². The lowest BCUT2D eigenvalue weighted by atomic mass is 10.1. The molecule has 3 fully saturated rings. The fourth-order valence-electron chi connectivity index (χ4n) is 3.67. The van der Waals surface area contributed by atoms with E-state index in [1.807, 2.05) is 6.07 Å². The van der Waals surface area contributed by atoms with Crippen molar-refractivity contribution in [2.24, 2.45) is 5.92 Å². The van der Waals surface area contributed by atoms with E-state index in [1.165, 1.54) is 17.7 Å². The Hall–Kier alpha value is -1.86. The number of carbonyl (C=O) groups is 3. The van der Waals surface area contributed by atoms with Crippen LogP contribution in [0.4, 0.5) is 4.79 Å². The maximum Gasteiger partial charge on any atom is 0.289 e. The van der Waals surface area contributed by atoms with E-state index in [0.717, 1.165) is 42.9 Å². The number of rotatable bonds is 6. The van der Waals surface area contributed by atoms with Crippen molar-refractivity contribution in [3.63, 3.8) is 0 Å². The van der Waals surface area contributed by atoms with Crippen molar-refractivity contribution in [2.75, 3.05) is 25.4 Å². The molecule has 7 heteroatoms. The fraction of sp³-hybridized carbons (Fsp3) is 0.526. The summed E-state index contributed by atoms with van der Waals surface area (Å²) in [4.78, 5) is 39.7. The third kappa shape index (κ3) is 3.94. The van der Waals surface area contributed by atoms with Crippen molar-refractivity contribution in [3.8, 4) is 0 Å². The molecule has 1 aliphatic carbocycles. The molecule has 2 saturated heterocycles. The van der Waals surface area contributed by atoms with Crippen LogP contribution in [0.25, 0.3) is 0 Å². The second kappa shape index (κ2) is 7.40. The third-order valence-corrected chi connectivity index (χ3v) is 6.16. The molecule has 3 aliphatic rings. The lowest BCUT2D eigenvalue weighted by Gasteiger charge is -2.16. The third-order valence-electron chi connectivity index (χ3n) is 5.30. The van der Waals surface area contributed by atoms with E-state index in [4.69, 9.17) is 0 Å². The zero-order valence-electron chi connectivity index (χ0n) is 14.6. The number of thioether (sulfide) groups is 1. The quantitative estimate of drug-likeness (QED) is 0.827. The maximum atomic E-state index is 12.5. The molecule has 3 amide bonds. The van der Waals surface area contributed by atoms with Gasteiger partial charge in [-0.25, -0.2) is 0 Å². The van der Waals surface area contributed by atoms with Gasteiger partial charge in [0.15, 0.2) is 0 Å². The van der Waals surface area contributed by atoms with E-state index in [9.17, 15) is 14.4 Å². The van der Waals surface area contributed by atoms with Crippen molar-refractivity contribution in [3.05, 3.63) is 35.4 Å². The highest BCUT2D eigenvalue weighted by Gasteiger charge is 2.34. The highest BCUT2D eigenvalue weighted by atomic mass is 32.2. The van der Waals surface area contributed by atoms with Crippen LogP contribution in [0.5, 0.6) is 0 Å². The Bertz CT molecular complexity index is 718. The molecule has 0 bridgehead atoms. The van der Waals surface area contributed by atoms with Crippen LogP contribution in [0.3, 0.4) is 0 Å². The van der Waals surface area contributed by atoms with E-state index in [0.29, 0.717) is 18.0 Å². The van der Waals surface area contributed by atoms with Gasteiger partial charge >= 0.3 is 0 Å². The number of amides is 3. The Balaban J connectivity index is 1.31. The Labute approximate surface area is 157 Å². The number of likely N-dealkylation sites (tertiary alicyclic amines) is 1. The van der Waals surface area contributed by atoms with E-state index < -0.39 is 0 Å². The van der Waals surface area contributed by atoms with Crippen molar-refractivity contribution < 1.29 is 14.4 Å². The van der Waals surface area contributed by atoms with Crippen LogP contribution in [0.15, 0.2) is 24.3 Å². The van der Waals surface area contributed by atoms with Crippen molar-refractivity contribution in [2.45, 2.75) is 31.8 Å². The molecule has 6 nitrogen and oxygen atoms in total. The zero-order chi connectivity index (χ0) is 18.1. The summed E-state index contributed by atoms with van der Waals surface area (Å²) in [5.74, 6) is 0.472. The van der Waals surface area contributed by atoms with Gasteiger partial charge in [0.25, 0.3) is 11.1 Å². The number of nitrogens with zero attached hydrogens (tertiary/aromatic N) is 2. The Morgan fingerprint density at radius 1 is 1.23 bits per heavy atom. The van der Waals surface area contributed by atoms with E-state index in [2.05, 4.69) is 10.2 Å². The average Bonchev–Trinajstić information content (AvgIpc) is 3.32. The zero-order valence-corrected chi connectivity index (χ0v) is 15.5. The molecule has 26 heavy (non-hydrogen) atoms. The molecule has 1 unspecified atom stereocenters. The molecule has 1 saturated carbocycles. The van der Waals surface area contributed by atoms with Crippen LogP contribution in [0, 0.1) is 5.92 Å². The van der Waals surface area contributed by atoms with E-state index in [1.54, 1.807) is 18.2 Å². The first-order valence-electron chi connectivity index (χ1n) is 9.18. The Morgan fingerprint density at radius 2 is 2.08 bits per heavy atom. The van der Waals surface area contributed by atoms with Gasteiger partial charge in [-0.05, 0) is 49.4 Å². The molecule has 0 spiro atoms. The molecule has 0 aromatic heterocycles. The number of carbonyl (C=O) groups excluding carboxylic acids is 3. The van der Waals surface area contributed by atoms with Crippen LogP contribution in [-0.2, 0) is 11.3 Å². The summed E-state index contributed by atoms with van der Waals surface area (Å²) < 4.78 is 0. The van der Waals surface area contributed by atoms with Gasteiger partial charge in [0.05, 0.1) is 12.3 Å². The van der Waals surface area contributed by atoms with Gasteiger partial charge in [0.1, 0.15) is 0 Å². The molecule has 138 valence electrons. The first-order valence-corrected chi connectivity index (χ1v) is 10.2. The van der Waals surface area contributed by atoms with Gasteiger partial charge in [-0.15, -0.1) is 0 Å². The van der Waals surface area contributed by atoms with Crippen LogP contribution in [-0.4, -0.2) is 58.3 Å². The molecule has 4 rings (SSSR count). The number of imide groups is 1. The average molecular weight is 373 g/mol. The van der Waals surface area contributed by atoms with Crippen LogP contribution in [0.1, 0.15) is 35.2 Å². The van der Waals surface area contributed by atoms with E-state index >= 15 is 0 Å². The smallest absolute Gasteiger partial charge is 0.289 e. The summed E-state index contributed by atoms with van der Waals surface area (Å²) in [6.45, 7) is 3.16. The van der Waals surface area contributed by atoms with Crippen LogP contribution >= 0.6 is 11.8 Å². The maximum absolute atomic E-state index is 12.5. The molecule has 1 N–H and O–H groups in total. The first kappa shape index (κ1) is 17.5. The molecule has 1 aromatic rings. The molecule has 1 aromatic carbocycles. The summed E-state index contributed by atoms with van der Waals surface area (Å²) in [6, 6.07) is 7.97. The van der Waals surface area contributed by atoms with Gasteiger partial charge in [0, 0.05) is 24.7 Å². The molecular formula is C19H23N3O3S. The second-order valence-corrected chi connectivity index (χ2v) is 8.25. The van der Waals surface area contributed by atoms with E-state index in [-0.39, 0.29) is 29.4 Å². The minimum atomic E-state index is -0.216. The van der Waals surface area contributed by atoms with Crippen LogP contribution in [0.2, 0.25) is 0 Å². The standard InChI is InChI=1S/C19H23N3O3S/c23-17-12-26-19(25)22(17)11-13-2-1-3-15(8-13)18(24)20-9-14-6-7-21(10-14)16-4-5-16/h1-3,8,14,16H,4-7,9-12H2,(H,20,24). The minimum Gasteiger partial charge on any atom is -0.352 e. The lowest BCUT2D eigenvalue weighted by Crippen LogP contribution is -2.31. The highest BCUT2D eigenvalue weighted by Crippen LogP contribution is 2.31. The summed E-state index contributed by atoms with van der Waals surface area (Å²) in [7, 11) is 0. The molecule has 0 radical (unpaired) electrons. The monoisotopic (exact) mass is 373 g/mol. The number of nitrogens with one attached hydrogen (secondary N) is 1. The van der Waals surface area contributed by atoms with Gasteiger partial charge in [-0.1, -0.05) is 23.9 Å². The number of benzene rings is 1. The predicted molar refractivity (Wildman–Crippen MR) is 99.9 cm³/mol. The predicted octanol–water partition coefficient (Wildman–Crippen LogP) is 2.10. The fourth-order valence-corrected chi connectivity index (χ4v) is 4.39. The largest absolute Gasteiger partial charge is 0.352 e. The summed E-state index contributed by atoms with van der Waals surface area (Å²) in [6.07, 6.45) is 3.80. The molecular weight excluding hydrogens is 350 g/mol. The van der Waals surface area contributed by atoms with Gasteiger partial charge < -0.3 is 10.2 Å². The topological polar surface area (TPSA) is 69.7 Å². The van der Waals surface area contributed by atoms with Gasteiger partial charge in [0.2, 0.25) is 5.91 Å². The normalized spacial score (nSPS) is 23.7. The highest BCUT2D eigenvalue weighted by molar-refractivity contribution is 8.14. The van der Waals surface area contributed by atoms with Crippen molar-refractivity contribution in [1.82, 2.24) is 15.1 Å². The molecule has 2 aliphatic heterocycles. The van der Waals surface area contributed by atoms with Crippen molar-refractivity contribution in [1.29, 1.82) is 0 Å². The van der Waals surface area contributed by atoms with Crippen molar-refractivity contribution >= 4 is 28.8 Å². The summed E-state index contributed by atoms with van der Waals surface area (Å²) >= 11 is 1.03. The number of hydrogen-bond acceptors (Lipinski definition) is 5. The first-order chi connectivity index (χ1) is 12.6. The van der Waals surface area contributed by atoms with Crippen LogP contribution < -0.4 is 5.32 Å². The molecule has 1 atom stereocenters. The summed E-state index contributed by atoms with van der Waals surface area (Å²) in [5, 5.41) is 2.83. The van der Waals surface area contributed by atoms with Gasteiger partial charge in [-0.2, -0.15) is 0 Å².